The lowest BCUT2D eigenvalue weighted by molar-refractivity contribution is -0.385. The molecule has 6 nitrogen and oxygen atoms in total. The Balaban J connectivity index is 3.06. The van der Waals surface area contributed by atoms with Gasteiger partial charge in [-0.2, -0.15) is 5.10 Å². The quantitative estimate of drug-likeness (QED) is 0.425. The Kier molecular flexibility index (Phi) is 3.01. The fourth-order valence-corrected chi connectivity index (χ4v) is 0.906. The Morgan fingerprint density at radius 2 is 2.36 bits per heavy atom. The van der Waals surface area contributed by atoms with Gasteiger partial charge in [0.05, 0.1) is 11.1 Å². The minimum atomic E-state index is -0.647. The minimum Gasteiger partial charge on any atom is -0.502 e. The van der Waals surface area contributed by atoms with Gasteiger partial charge in [0.25, 0.3) is 0 Å². The van der Waals surface area contributed by atoms with Crippen LogP contribution in [0.25, 0.3) is 0 Å². The van der Waals surface area contributed by atoms with Gasteiger partial charge in [-0.1, -0.05) is 0 Å². The van der Waals surface area contributed by atoms with Crippen LogP contribution < -0.4 is 5.43 Å². The van der Waals surface area contributed by atoms with Crippen LogP contribution in [0.3, 0.4) is 0 Å². The van der Waals surface area contributed by atoms with Gasteiger partial charge in [-0.15, -0.1) is 0 Å². The molecule has 0 aliphatic rings. The first kappa shape index (κ1) is 9.97. The van der Waals surface area contributed by atoms with E-state index in [4.69, 9.17) is 5.11 Å². The zero-order chi connectivity index (χ0) is 10.6. The van der Waals surface area contributed by atoms with E-state index in [1.165, 1.54) is 24.4 Å². The fourth-order valence-electron chi connectivity index (χ4n) is 0.906. The average Bonchev–Trinajstić information content (AvgIpc) is 2.16. The summed E-state index contributed by atoms with van der Waals surface area (Å²) >= 11 is 0. The van der Waals surface area contributed by atoms with E-state index in [-0.39, 0.29) is 11.4 Å². The maximum Gasteiger partial charge on any atom is 0.311 e. The maximum absolute atomic E-state index is 10.4. The fraction of sp³-hybridized carbons (Fsp3) is 0.125. The minimum absolute atomic E-state index is 0.329. The van der Waals surface area contributed by atoms with E-state index < -0.39 is 4.92 Å². The number of phenols is 1. The molecule has 6 heteroatoms. The summed E-state index contributed by atoms with van der Waals surface area (Å²) in [6.45, 7) is 0. The van der Waals surface area contributed by atoms with Gasteiger partial charge >= 0.3 is 5.69 Å². The number of nitro groups is 1. The molecular formula is C8H9N3O3. The normalized spacial score (nSPS) is 10.4. The summed E-state index contributed by atoms with van der Waals surface area (Å²) in [5, 5.41) is 23.3. The number of nitrogens with zero attached hydrogens (tertiary/aromatic N) is 2. The molecule has 0 radical (unpaired) electrons. The molecule has 0 atom stereocenters. The Hall–Kier alpha value is -2.11. The van der Waals surface area contributed by atoms with Gasteiger partial charge in [0.15, 0.2) is 5.75 Å². The van der Waals surface area contributed by atoms with Gasteiger partial charge in [0, 0.05) is 18.7 Å². The summed E-state index contributed by atoms with van der Waals surface area (Å²) in [5.74, 6) is -0.350. The zero-order valence-electron chi connectivity index (χ0n) is 7.47. The average molecular weight is 195 g/mol. The first-order chi connectivity index (χ1) is 6.65. The molecule has 1 aromatic rings. The number of rotatable bonds is 3. The summed E-state index contributed by atoms with van der Waals surface area (Å²) in [6, 6.07) is 4.04. The van der Waals surface area contributed by atoms with E-state index in [0.29, 0.717) is 5.56 Å². The number of hydrazone groups is 1. The lowest BCUT2D eigenvalue weighted by atomic mass is 10.2. The zero-order valence-corrected chi connectivity index (χ0v) is 7.47. The summed E-state index contributed by atoms with van der Waals surface area (Å²) in [4.78, 5) is 9.79. The second kappa shape index (κ2) is 4.22. The van der Waals surface area contributed by atoms with Crippen molar-refractivity contribution in [3.05, 3.63) is 33.9 Å². The summed E-state index contributed by atoms with van der Waals surface area (Å²) < 4.78 is 0. The van der Waals surface area contributed by atoms with Crippen LogP contribution in [0.2, 0.25) is 0 Å². The number of aromatic hydroxyl groups is 1. The van der Waals surface area contributed by atoms with Gasteiger partial charge in [0.1, 0.15) is 0 Å². The maximum atomic E-state index is 10.4. The molecule has 2 N–H and O–H groups in total. The van der Waals surface area contributed by atoms with Crippen LogP contribution in [0.4, 0.5) is 5.69 Å². The first-order valence-electron chi connectivity index (χ1n) is 3.82. The highest BCUT2D eigenvalue weighted by molar-refractivity contribution is 5.81. The Morgan fingerprint density at radius 3 is 2.93 bits per heavy atom. The predicted molar refractivity (Wildman–Crippen MR) is 51.4 cm³/mol. The highest BCUT2D eigenvalue weighted by Crippen LogP contribution is 2.25. The summed E-state index contributed by atoms with van der Waals surface area (Å²) in [7, 11) is 1.62. The number of hydrogen-bond acceptors (Lipinski definition) is 5. The van der Waals surface area contributed by atoms with E-state index in [2.05, 4.69) is 10.5 Å². The van der Waals surface area contributed by atoms with Crippen molar-refractivity contribution < 1.29 is 10.0 Å². The summed E-state index contributed by atoms with van der Waals surface area (Å²) in [6.07, 6.45) is 1.42. The standard InChI is InChI=1S/C8H9N3O3/c1-9-10-5-6-2-3-8(12)7(4-6)11(13)14/h2-5,9,12H,1H3/b10-5+. The van der Waals surface area contributed by atoms with Gasteiger partial charge in [-0.05, 0) is 12.1 Å². The largest absolute Gasteiger partial charge is 0.502 e. The van der Waals surface area contributed by atoms with Crippen molar-refractivity contribution in [1.29, 1.82) is 0 Å². The molecule has 0 saturated heterocycles. The Morgan fingerprint density at radius 1 is 1.64 bits per heavy atom. The number of nitro benzene ring substituents is 1. The van der Waals surface area contributed by atoms with Crippen molar-refractivity contribution >= 4 is 11.9 Å². The molecule has 1 aromatic carbocycles. The molecule has 14 heavy (non-hydrogen) atoms. The van der Waals surface area contributed by atoms with E-state index >= 15 is 0 Å². The molecule has 0 bridgehead atoms. The van der Waals surface area contributed by atoms with Crippen molar-refractivity contribution in [2.24, 2.45) is 5.10 Å². The van der Waals surface area contributed by atoms with E-state index in [9.17, 15) is 10.1 Å². The molecule has 0 aliphatic carbocycles. The number of benzene rings is 1. The predicted octanol–water partition coefficient (Wildman–Crippen LogP) is 0.854. The Labute approximate surface area is 80.0 Å². The summed E-state index contributed by atoms with van der Waals surface area (Å²) in [5.41, 5.74) is 2.73. The van der Waals surface area contributed by atoms with Gasteiger partial charge in [-0.25, -0.2) is 0 Å². The van der Waals surface area contributed by atoms with E-state index in [0.717, 1.165) is 0 Å². The number of phenolic OH excluding ortho intramolecular Hbond substituents is 1. The molecule has 1 rings (SSSR count). The van der Waals surface area contributed by atoms with Crippen LogP contribution in [-0.2, 0) is 0 Å². The molecule has 0 spiro atoms. The second-order valence-electron chi connectivity index (χ2n) is 2.49. The third kappa shape index (κ3) is 2.19. The molecule has 0 amide bonds. The number of nitrogens with one attached hydrogen (secondary N) is 1. The smallest absolute Gasteiger partial charge is 0.311 e. The van der Waals surface area contributed by atoms with E-state index in [1.807, 2.05) is 0 Å². The van der Waals surface area contributed by atoms with Crippen molar-refractivity contribution in [3.63, 3.8) is 0 Å². The van der Waals surface area contributed by atoms with Gasteiger partial charge in [0.2, 0.25) is 0 Å². The topological polar surface area (TPSA) is 87.8 Å². The highest BCUT2D eigenvalue weighted by atomic mass is 16.6. The molecule has 74 valence electrons. The molecule has 0 fully saturated rings. The highest BCUT2D eigenvalue weighted by Gasteiger charge is 2.12. The van der Waals surface area contributed by atoms with Crippen LogP contribution in [0.1, 0.15) is 5.56 Å². The molecule has 0 unspecified atom stereocenters. The van der Waals surface area contributed by atoms with Crippen molar-refractivity contribution in [1.82, 2.24) is 5.43 Å². The van der Waals surface area contributed by atoms with Crippen LogP contribution in [0.5, 0.6) is 5.75 Å². The molecule has 0 aliphatic heterocycles. The van der Waals surface area contributed by atoms with Crippen LogP contribution >= 0.6 is 0 Å². The first-order valence-corrected chi connectivity index (χ1v) is 3.82. The van der Waals surface area contributed by atoms with Crippen molar-refractivity contribution in [3.8, 4) is 5.75 Å². The lowest BCUT2D eigenvalue weighted by Crippen LogP contribution is -1.95. The monoisotopic (exact) mass is 195 g/mol. The van der Waals surface area contributed by atoms with Crippen LogP contribution in [0, 0.1) is 10.1 Å². The molecule has 0 aromatic heterocycles. The van der Waals surface area contributed by atoms with E-state index in [1.54, 1.807) is 7.05 Å². The third-order valence-corrected chi connectivity index (χ3v) is 1.54. The third-order valence-electron chi connectivity index (χ3n) is 1.54. The Bertz CT molecular complexity index is 376. The van der Waals surface area contributed by atoms with Crippen molar-refractivity contribution in [2.75, 3.05) is 7.05 Å². The van der Waals surface area contributed by atoms with Crippen molar-refractivity contribution in [2.45, 2.75) is 0 Å². The molecule has 0 heterocycles. The van der Waals surface area contributed by atoms with Gasteiger partial charge in [-0.3, -0.25) is 10.1 Å². The van der Waals surface area contributed by atoms with Crippen LogP contribution in [-0.4, -0.2) is 23.3 Å². The van der Waals surface area contributed by atoms with Crippen LogP contribution in [0.15, 0.2) is 23.3 Å². The molecular weight excluding hydrogens is 186 g/mol. The second-order valence-corrected chi connectivity index (χ2v) is 2.49. The van der Waals surface area contributed by atoms with Gasteiger partial charge < -0.3 is 10.5 Å². The molecule has 0 saturated carbocycles. The number of hydrogen-bond donors (Lipinski definition) is 2. The lowest BCUT2D eigenvalue weighted by Gasteiger charge is -1.96. The SMILES string of the molecule is CN/N=C/c1ccc(O)c([N+](=O)[O-])c1.